The third-order valence-electron chi connectivity index (χ3n) is 1.87. The van der Waals surface area contributed by atoms with Crippen molar-refractivity contribution in [1.29, 1.82) is 0 Å². The fraction of sp³-hybridized carbons (Fsp3) is 0.500. The van der Waals surface area contributed by atoms with Gasteiger partial charge in [-0.05, 0) is 6.07 Å². The van der Waals surface area contributed by atoms with Gasteiger partial charge in [0.2, 0.25) is 5.88 Å². The summed E-state index contributed by atoms with van der Waals surface area (Å²) < 4.78 is 9.93. The van der Waals surface area contributed by atoms with Crippen LogP contribution in [0.3, 0.4) is 0 Å². The summed E-state index contributed by atoms with van der Waals surface area (Å²) in [6.45, 7) is 0.419. The molecule has 84 valence electrons. The minimum absolute atomic E-state index is 0.00721. The SMILES string of the molecule is COCC(CO)Nc1cccc(OC)n1. The number of hydrogen-bond acceptors (Lipinski definition) is 5. The highest BCUT2D eigenvalue weighted by Crippen LogP contribution is 2.11. The molecule has 0 bridgehead atoms. The summed E-state index contributed by atoms with van der Waals surface area (Å²) in [6, 6.07) is 5.24. The van der Waals surface area contributed by atoms with Crippen molar-refractivity contribution in [2.45, 2.75) is 6.04 Å². The molecule has 0 radical (unpaired) electrons. The molecule has 0 aliphatic rings. The third kappa shape index (κ3) is 3.73. The minimum atomic E-state index is -0.158. The lowest BCUT2D eigenvalue weighted by molar-refractivity contribution is 0.153. The maximum atomic E-state index is 9.04. The summed E-state index contributed by atoms with van der Waals surface area (Å²) in [5, 5.41) is 12.1. The number of aliphatic hydroxyl groups is 1. The second-order valence-corrected chi connectivity index (χ2v) is 3.04. The van der Waals surface area contributed by atoms with Gasteiger partial charge in [0.25, 0.3) is 0 Å². The average molecular weight is 212 g/mol. The molecule has 0 fully saturated rings. The topological polar surface area (TPSA) is 63.6 Å². The van der Waals surface area contributed by atoms with Crippen molar-refractivity contribution in [3.05, 3.63) is 18.2 Å². The maximum Gasteiger partial charge on any atom is 0.214 e. The fourth-order valence-electron chi connectivity index (χ4n) is 1.16. The van der Waals surface area contributed by atoms with Crippen molar-refractivity contribution in [3.8, 4) is 5.88 Å². The highest BCUT2D eigenvalue weighted by Gasteiger charge is 2.07. The lowest BCUT2D eigenvalue weighted by atomic mass is 10.3. The van der Waals surface area contributed by atoms with Gasteiger partial charge in [0.15, 0.2) is 0 Å². The Kier molecular flexibility index (Phi) is 4.86. The number of aliphatic hydroxyl groups excluding tert-OH is 1. The van der Waals surface area contributed by atoms with E-state index in [-0.39, 0.29) is 12.6 Å². The van der Waals surface area contributed by atoms with Gasteiger partial charge in [0.1, 0.15) is 5.82 Å². The van der Waals surface area contributed by atoms with E-state index in [2.05, 4.69) is 10.3 Å². The number of methoxy groups -OCH3 is 2. The molecule has 1 heterocycles. The first kappa shape index (κ1) is 11.7. The van der Waals surface area contributed by atoms with Crippen molar-refractivity contribution in [2.24, 2.45) is 0 Å². The number of aromatic nitrogens is 1. The van der Waals surface area contributed by atoms with Crippen LogP contribution in [0.25, 0.3) is 0 Å². The molecule has 0 amide bonds. The van der Waals surface area contributed by atoms with Crippen LogP contribution >= 0.6 is 0 Å². The first-order chi connectivity index (χ1) is 7.30. The molecular formula is C10H16N2O3. The molecule has 0 saturated heterocycles. The Morgan fingerprint density at radius 2 is 2.27 bits per heavy atom. The van der Waals surface area contributed by atoms with E-state index in [1.807, 2.05) is 6.07 Å². The van der Waals surface area contributed by atoms with Crippen LogP contribution in [0.5, 0.6) is 5.88 Å². The second kappa shape index (κ2) is 6.21. The van der Waals surface area contributed by atoms with Crippen LogP contribution in [0.4, 0.5) is 5.82 Å². The Labute approximate surface area is 89.0 Å². The predicted octanol–water partition coefficient (Wildman–Crippen LogP) is 0.509. The lowest BCUT2D eigenvalue weighted by Crippen LogP contribution is -2.29. The van der Waals surface area contributed by atoms with Crippen LogP contribution in [0.15, 0.2) is 18.2 Å². The van der Waals surface area contributed by atoms with Crippen LogP contribution in [0.1, 0.15) is 0 Å². The Hall–Kier alpha value is -1.33. The fourth-order valence-corrected chi connectivity index (χ4v) is 1.16. The van der Waals surface area contributed by atoms with Gasteiger partial charge in [-0.1, -0.05) is 6.07 Å². The number of anilines is 1. The Morgan fingerprint density at radius 1 is 1.47 bits per heavy atom. The Morgan fingerprint density at radius 3 is 2.87 bits per heavy atom. The molecule has 15 heavy (non-hydrogen) atoms. The van der Waals surface area contributed by atoms with E-state index in [0.29, 0.717) is 18.3 Å². The molecule has 0 aliphatic heterocycles. The number of hydrogen-bond donors (Lipinski definition) is 2. The largest absolute Gasteiger partial charge is 0.481 e. The van der Waals surface area contributed by atoms with E-state index in [1.54, 1.807) is 26.4 Å². The number of nitrogens with one attached hydrogen (secondary N) is 1. The second-order valence-electron chi connectivity index (χ2n) is 3.04. The predicted molar refractivity (Wildman–Crippen MR) is 57.2 cm³/mol. The monoisotopic (exact) mass is 212 g/mol. The lowest BCUT2D eigenvalue weighted by Gasteiger charge is -2.15. The van der Waals surface area contributed by atoms with Crippen LogP contribution in [0.2, 0.25) is 0 Å². The van der Waals surface area contributed by atoms with Gasteiger partial charge in [-0.2, -0.15) is 4.98 Å². The maximum absolute atomic E-state index is 9.04. The molecular weight excluding hydrogens is 196 g/mol. The van der Waals surface area contributed by atoms with Crippen molar-refractivity contribution in [1.82, 2.24) is 4.98 Å². The standard InChI is InChI=1S/C10H16N2O3/c1-14-7-8(6-13)11-9-4-3-5-10(12-9)15-2/h3-5,8,13H,6-7H2,1-2H3,(H,11,12). The number of rotatable bonds is 6. The Balaban J connectivity index is 2.61. The van der Waals surface area contributed by atoms with Gasteiger partial charge in [-0.25, -0.2) is 0 Å². The smallest absolute Gasteiger partial charge is 0.214 e. The van der Waals surface area contributed by atoms with Gasteiger partial charge in [0.05, 0.1) is 26.4 Å². The summed E-state index contributed by atoms with van der Waals surface area (Å²) >= 11 is 0. The summed E-state index contributed by atoms with van der Waals surface area (Å²) in [5.41, 5.74) is 0. The van der Waals surface area contributed by atoms with Gasteiger partial charge < -0.3 is 19.9 Å². The zero-order valence-electron chi connectivity index (χ0n) is 8.93. The molecule has 1 aromatic heterocycles. The molecule has 0 aliphatic carbocycles. The van der Waals surface area contributed by atoms with E-state index in [4.69, 9.17) is 14.6 Å². The van der Waals surface area contributed by atoms with Crippen molar-refractivity contribution in [3.63, 3.8) is 0 Å². The minimum Gasteiger partial charge on any atom is -0.481 e. The molecule has 5 heteroatoms. The third-order valence-corrected chi connectivity index (χ3v) is 1.87. The molecule has 0 saturated carbocycles. The quantitative estimate of drug-likeness (QED) is 0.719. The molecule has 2 N–H and O–H groups in total. The highest BCUT2D eigenvalue weighted by molar-refractivity contribution is 5.38. The first-order valence-corrected chi connectivity index (χ1v) is 4.67. The van der Waals surface area contributed by atoms with Crippen molar-refractivity contribution in [2.75, 3.05) is 32.8 Å². The Bertz CT molecular complexity index is 294. The summed E-state index contributed by atoms with van der Waals surface area (Å²) in [7, 11) is 3.15. The molecule has 0 aromatic carbocycles. The molecule has 1 atom stereocenters. The highest BCUT2D eigenvalue weighted by atomic mass is 16.5. The zero-order valence-corrected chi connectivity index (χ0v) is 8.93. The molecule has 0 spiro atoms. The summed E-state index contributed by atoms with van der Waals surface area (Å²) in [4.78, 5) is 4.16. The van der Waals surface area contributed by atoms with Crippen LogP contribution in [-0.2, 0) is 4.74 Å². The summed E-state index contributed by atoms with van der Waals surface area (Å²) in [6.07, 6.45) is 0. The van der Waals surface area contributed by atoms with Crippen LogP contribution in [-0.4, -0.2) is 43.6 Å². The number of ether oxygens (including phenoxy) is 2. The van der Waals surface area contributed by atoms with Gasteiger partial charge in [-0.15, -0.1) is 0 Å². The normalized spacial score (nSPS) is 12.2. The van der Waals surface area contributed by atoms with E-state index < -0.39 is 0 Å². The molecule has 5 nitrogen and oxygen atoms in total. The van der Waals surface area contributed by atoms with Crippen molar-refractivity contribution >= 4 is 5.82 Å². The summed E-state index contributed by atoms with van der Waals surface area (Å²) in [5.74, 6) is 1.19. The number of pyridine rings is 1. The molecule has 1 rings (SSSR count). The molecule has 1 aromatic rings. The first-order valence-electron chi connectivity index (χ1n) is 4.67. The van der Waals surface area contributed by atoms with Gasteiger partial charge in [-0.3, -0.25) is 0 Å². The van der Waals surface area contributed by atoms with E-state index in [0.717, 1.165) is 0 Å². The van der Waals surface area contributed by atoms with Gasteiger partial charge >= 0.3 is 0 Å². The number of nitrogens with zero attached hydrogens (tertiary/aromatic N) is 1. The van der Waals surface area contributed by atoms with Crippen molar-refractivity contribution < 1.29 is 14.6 Å². The average Bonchev–Trinajstić information content (AvgIpc) is 2.29. The molecule has 1 unspecified atom stereocenters. The van der Waals surface area contributed by atoms with E-state index in [9.17, 15) is 0 Å². The zero-order chi connectivity index (χ0) is 11.1. The van der Waals surface area contributed by atoms with E-state index >= 15 is 0 Å². The van der Waals surface area contributed by atoms with E-state index in [1.165, 1.54) is 0 Å². The van der Waals surface area contributed by atoms with Crippen LogP contribution < -0.4 is 10.1 Å². The van der Waals surface area contributed by atoms with Gasteiger partial charge in [0, 0.05) is 13.2 Å². The van der Waals surface area contributed by atoms with Crippen LogP contribution in [0, 0.1) is 0 Å².